The van der Waals surface area contributed by atoms with Crippen LogP contribution in [0.15, 0.2) is 10.7 Å². The van der Waals surface area contributed by atoms with Crippen molar-refractivity contribution >= 4 is 12.0 Å². The van der Waals surface area contributed by atoms with E-state index in [9.17, 15) is 4.79 Å². The van der Waals surface area contributed by atoms with Crippen LogP contribution in [0.2, 0.25) is 0 Å². The molecule has 0 saturated heterocycles. The Labute approximate surface area is 87.8 Å². The van der Waals surface area contributed by atoms with Crippen LogP contribution in [0.25, 0.3) is 0 Å². The first kappa shape index (κ1) is 11.1. The van der Waals surface area contributed by atoms with E-state index in [1.54, 1.807) is 13.8 Å². The van der Waals surface area contributed by atoms with Gasteiger partial charge in [-0.25, -0.2) is 4.79 Å². The zero-order valence-electron chi connectivity index (χ0n) is 8.61. The number of esters is 1. The van der Waals surface area contributed by atoms with Crippen LogP contribution >= 0.6 is 0 Å². The number of nitrogens with one attached hydrogen (secondary N) is 1. The first-order valence-corrected chi connectivity index (χ1v) is 4.52. The number of terminal acetylenes is 1. The summed E-state index contributed by atoms with van der Waals surface area (Å²) >= 11 is 0. The minimum absolute atomic E-state index is 0.128. The summed E-state index contributed by atoms with van der Waals surface area (Å²) in [4.78, 5) is 15.1. The molecule has 0 aliphatic rings. The highest BCUT2D eigenvalue weighted by Gasteiger charge is 2.13. The summed E-state index contributed by atoms with van der Waals surface area (Å²) in [6.07, 6.45) is 6.39. The van der Waals surface area contributed by atoms with Crippen molar-refractivity contribution in [2.45, 2.75) is 19.9 Å². The highest BCUT2D eigenvalue weighted by Crippen LogP contribution is 2.09. The average molecular weight is 208 g/mol. The zero-order chi connectivity index (χ0) is 11.3. The molecule has 1 rings (SSSR count). The van der Waals surface area contributed by atoms with Gasteiger partial charge in [-0.1, -0.05) is 5.92 Å². The maximum atomic E-state index is 11.2. The lowest BCUT2D eigenvalue weighted by Crippen LogP contribution is -2.12. The maximum Gasteiger partial charge on any atom is 0.360 e. The smallest absolute Gasteiger partial charge is 0.360 e. The lowest BCUT2D eigenvalue weighted by Gasteiger charge is -2.02. The van der Waals surface area contributed by atoms with E-state index in [1.807, 2.05) is 0 Å². The summed E-state index contributed by atoms with van der Waals surface area (Å²) in [5, 5.41) is 2.79. The normalized spacial score (nSPS) is 11.5. The number of anilines is 1. The third-order valence-electron chi connectivity index (χ3n) is 1.58. The fraction of sp³-hybridized carbons (Fsp3) is 0.400. The van der Waals surface area contributed by atoms with Gasteiger partial charge in [0.25, 0.3) is 6.01 Å². The van der Waals surface area contributed by atoms with Gasteiger partial charge in [0.15, 0.2) is 5.69 Å². The monoisotopic (exact) mass is 208 g/mol. The molecule has 0 aliphatic carbocycles. The summed E-state index contributed by atoms with van der Waals surface area (Å²) in [7, 11) is 0. The molecule has 1 aromatic rings. The van der Waals surface area contributed by atoms with Crippen LogP contribution in [0.5, 0.6) is 0 Å². The summed E-state index contributed by atoms with van der Waals surface area (Å²) in [6, 6.07) is 0.00204. The van der Waals surface area contributed by atoms with Crippen LogP contribution in [-0.4, -0.2) is 23.6 Å². The van der Waals surface area contributed by atoms with Gasteiger partial charge in [-0.3, -0.25) is 0 Å². The van der Waals surface area contributed by atoms with Gasteiger partial charge in [0.1, 0.15) is 6.26 Å². The molecule has 1 heterocycles. The van der Waals surface area contributed by atoms with Crippen LogP contribution in [-0.2, 0) is 4.74 Å². The molecular weight excluding hydrogens is 196 g/mol. The molecule has 1 aromatic heterocycles. The van der Waals surface area contributed by atoms with Crippen LogP contribution in [0.1, 0.15) is 24.3 Å². The number of ether oxygens (including phenoxy) is 1. The first-order chi connectivity index (χ1) is 7.17. The summed E-state index contributed by atoms with van der Waals surface area (Å²) in [5.41, 5.74) is 0.128. The van der Waals surface area contributed by atoms with Gasteiger partial charge in [-0.05, 0) is 13.8 Å². The Kier molecular flexibility index (Phi) is 3.75. The quantitative estimate of drug-likeness (QED) is 0.596. The molecule has 1 unspecified atom stereocenters. The molecule has 0 aromatic carbocycles. The Morgan fingerprint density at radius 2 is 2.60 bits per heavy atom. The minimum atomic E-state index is -0.511. The van der Waals surface area contributed by atoms with Gasteiger partial charge in [0.05, 0.1) is 12.6 Å². The van der Waals surface area contributed by atoms with Gasteiger partial charge in [-0.15, -0.1) is 6.42 Å². The Morgan fingerprint density at radius 1 is 1.87 bits per heavy atom. The first-order valence-electron chi connectivity index (χ1n) is 4.52. The summed E-state index contributed by atoms with van der Waals surface area (Å²) in [6.45, 7) is 3.79. The van der Waals surface area contributed by atoms with Crippen LogP contribution in [0.4, 0.5) is 6.01 Å². The molecular formula is C10H12N2O3. The molecule has 0 spiro atoms. The lowest BCUT2D eigenvalue weighted by molar-refractivity contribution is 0.0519. The second-order valence-corrected chi connectivity index (χ2v) is 2.79. The number of aromatic nitrogens is 1. The van der Waals surface area contributed by atoms with E-state index >= 15 is 0 Å². The van der Waals surface area contributed by atoms with Crippen LogP contribution < -0.4 is 5.32 Å². The standard InChI is InChI=1S/C10H12N2O3/c1-4-7(3)11-10-12-8(6-15-10)9(13)14-5-2/h1,6-7H,5H2,2-3H3,(H,11,12). The summed E-state index contributed by atoms with van der Waals surface area (Å²) < 4.78 is 9.73. The number of rotatable bonds is 4. The van der Waals surface area contributed by atoms with E-state index in [0.717, 1.165) is 0 Å². The molecule has 0 fully saturated rings. The van der Waals surface area contributed by atoms with E-state index in [4.69, 9.17) is 15.6 Å². The predicted octanol–water partition coefficient (Wildman–Crippen LogP) is 1.28. The van der Waals surface area contributed by atoms with Gasteiger partial charge in [0.2, 0.25) is 0 Å². The van der Waals surface area contributed by atoms with Crippen molar-refractivity contribution in [1.82, 2.24) is 4.98 Å². The van der Waals surface area contributed by atoms with Crippen LogP contribution in [0.3, 0.4) is 0 Å². The number of oxazole rings is 1. The third-order valence-corrected chi connectivity index (χ3v) is 1.58. The summed E-state index contributed by atoms with van der Waals surface area (Å²) in [5.74, 6) is 1.94. The molecule has 0 amide bonds. The van der Waals surface area contributed by atoms with Crippen molar-refractivity contribution in [3.05, 3.63) is 12.0 Å². The van der Waals surface area contributed by atoms with Gasteiger partial charge >= 0.3 is 5.97 Å². The highest BCUT2D eigenvalue weighted by molar-refractivity contribution is 5.87. The fourth-order valence-corrected chi connectivity index (χ4v) is 0.866. The number of carbonyl (C=O) groups is 1. The zero-order valence-corrected chi connectivity index (χ0v) is 8.61. The second-order valence-electron chi connectivity index (χ2n) is 2.79. The molecule has 5 nitrogen and oxygen atoms in total. The Balaban J connectivity index is 2.64. The largest absolute Gasteiger partial charge is 0.461 e. The maximum absolute atomic E-state index is 11.2. The number of carbonyl (C=O) groups excluding carboxylic acids is 1. The number of nitrogens with zero attached hydrogens (tertiary/aromatic N) is 1. The van der Waals surface area contributed by atoms with Crippen molar-refractivity contribution < 1.29 is 13.9 Å². The molecule has 15 heavy (non-hydrogen) atoms. The Morgan fingerprint density at radius 3 is 3.20 bits per heavy atom. The van der Waals surface area contributed by atoms with Gasteiger partial charge in [0, 0.05) is 0 Å². The van der Waals surface area contributed by atoms with E-state index < -0.39 is 5.97 Å². The molecule has 0 saturated carbocycles. The molecule has 0 bridgehead atoms. The SMILES string of the molecule is C#CC(C)Nc1nc(C(=O)OCC)co1. The fourth-order valence-electron chi connectivity index (χ4n) is 0.866. The topological polar surface area (TPSA) is 64.4 Å². The number of hydrogen-bond acceptors (Lipinski definition) is 5. The molecule has 1 atom stereocenters. The van der Waals surface area contributed by atoms with Gasteiger partial charge in [-0.2, -0.15) is 4.98 Å². The molecule has 5 heteroatoms. The predicted molar refractivity (Wildman–Crippen MR) is 54.4 cm³/mol. The van der Waals surface area contributed by atoms with Crippen molar-refractivity contribution in [1.29, 1.82) is 0 Å². The van der Waals surface area contributed by atoms with E-state index in [2.05, 4.69) is 16.2 Å². The van der Waals surface area contributed by atoms with Crippen molar-refractivity contribution in [2.75, 3.05) is 11.9 Å². The number of hydrogen-bond donors (Lipinski definition) is 1. The third kappa shape index (κ3) is 3.02. The molecule has 0 aliphatic heterocycles. The van der Waals surface area contributed by atoms with E-state index in [-0.39, 0.29) is 17.8 Å². The van der Waals surface area contributed by atoms with E-state index in [0.29, 0.717) is 6.61 Å². The minimum Gasteiger partial charge on any atom is -0.461 e. The highest BCUT2D eigenvalue weighted by atomic mass is 16.5. The molecule has 0 radical (unpaired) electrons. The van der Waals surface area contributed by atoms with Crippen molar-refractivity contribution in [3.8, 4) is 12.3 Å². The molecule has 80 valence electrons. The second kappa shape index (κ2) is 5.05. The average Bonchev–Trinajstić information content (AvgIpc) is 2.66. The van der Waals surface area contributed by atoms with Crippen molar-refractivity contribution in [2.24, 2.45) is 0 Å². The van der Waals surface area contributed by atoms with Crippen LogP contribution in [0, 0.1) is 12.3 Å². The van der Waals surface area contributed by atoms with E-state index in [1.165, 1.54) is 6.26 Å². The Bertz CT molecular complexity index is 378. The Hall–Kier alpha value is -1.96. The molecule has 1 N–H and O–H groups in total. The lowest BCUT2D eigenvalue weighted by atomic mass is 10.4. The van der Waals surface area contributed by atoms with Gasteiger partial charge < -0.3 is 14.5 Å². The van der Waals surface area contributed by atoms with Crippen molar-refractivity contribution in [3.63, 3.8) is 0 Å².